The molecular weight excluding hydrogens is 252 g/mol. The average molecular weight is 267 g/mol. The molecule has 1 unspecified atom stereocenters. The molecule has 4 heteroatoms. The van der Waals surface area contributed by atoms with E-state index in [1.807, 2.05) is 18.3 Å². The molecule has 0 fully saturated rings. The first-order chi connectivity index (χ1) is 8.24. The average Bonchev–Trinajstić information content (AvgIpc) is 2.73. The minimum absolute atomic E-state index is 0.185. The van der Waals surface area contributed by atoms with Crippen molar-refractivity contribution in [2.75, 3.05) is 0 Å². The third kappa shape index (κ3) is 4.11. The molecule has 0 aromatic carbocycles. The highest BCUT2D eigenvalue weighted by molar-refractivity contribution is 7.16. The Morgan fingerprint density at radius 3 is 2.88 bits per heavy atom. The Balaban J connectivity index is 1.80. The lowest BCUT2D eigenvalue weighted by Crippen LogP contribution is -2.23. The summed E-state index contributed by atoms with van der Waals surface area (Å²) >= 11 is 7.50. The number of rotatable bonds is 5. The van der Waals surface area contributed by atoms with Crippen molar-refractivity contribution in [3.63, 3.8) is 0 Å². The van der Waals surface area contributed by atoms with Crippen LogP contribution in [0.15, 0.2) is 36.7 Å². The van der Waals surface area contributed by atoms with Crippen LogP contribution in [0.1, 0.15) is 16.9 Å². The number of thiophene rings is 1. The fraction of sp³-hybridized carbons (Fsp3) is 0.308. The number of nitrogens with two attached hydrogens (primary N) is 1. The highest BCUT2D eigenvalue weighted by Crippen LogP contribution is 2.22. The minimum Gasteiger partial charge on any atom is -0.327 e. The second-order valence-corrected chi connectivity index (χ2v) is 5.87. The van der Waals surface area contributed by atoms with Gasteiger partial charge in [-0.2, -0.15) is 0 Å². The third-order valence-electron chi connectivity index (χ3n) is 2.62. The molecule has 0 bridgehead atoms. The Kier molecular flexibility index (Phi) is 4.54. The Labute approximate surface area is 110 Å². The number of halogens is 1. The molecule has 1 atom stereocenters. The fourth-order valence-corrected chi connectivity index (χ4v) is 2.90. The molecule has 2 nitrogen and oxygen atoms in total. The van der Waals surface area contributed by atoms with Crippen molar-refractivity contribution in [1.29, 1.82) is 0 Å². The van der Waals surface area contributed by atoms with Gasteiger partial charge in [0.2, 0.25) is 0 Å². The van der Waals surface area contributed by atoms with Crippen LogP contribution in [-0.2, 0) is 12.8 Å². The van der Waals surface area contributed by atoms with Gasteiger partial charge in [-0.15, -0.1) is 11.3 Å². The summed E-state index contributed by atoms with van der Waals surface area (Å²) in [5, 5.41) is 0. The standard InChI is InChI=1S/C13H15ClN2S/c14-13-6-5-12(17-13)8-11(15)4-3-10-2-1-7-16-9-10/h1-2,5-7,9,11H,3-4,8,15H2. The van der Waals surface area contributed by atoms with Gasteiger partial charge in [0.25, 0.3) is 0 Å². The van der Waals surface area contributed by atoms with Gasteiger partial charge in [0, 0.05) is 23.3 Å². The zero-order valence-electron chi connectivity index (χ0n) is 9.47. The second-order valence-electron chi connectivity index (χ2n) is 4.07. The molecule has 0 radical (unpaired) electrons. The quantitative estimate of drug-likeness (QED) is 0.902. The van der Waals surface area contributed by atoms with Crippen LogP contribution in [0.2, 0.25) is 4.34 Å². The summed E-state index contributed by atoms with van der Waals surface area (Å²) in [5.74, 6) is 0. The van der Waals surface area contributed by atoms with E-state index in [9.17, 15) is 0 Å². The summed E-state index contributed by atoms with van der Waals surface area (Å²) in [4.78, 5) is 5.35. The van der Waals surface area contributed by atoms with E-state index in [-0.39, 0.29) is 6.04 Å². The smallest absolute Gasteiger partial charge is 0.0931 e. The van der Waals surface area contributed by atoms with Crippen molar-refractivity contribution in [2.45, 2.75) is 25.3 Å². The van der Waals surface area contributed by atoms with Crippen LogP contribution < -0.4 is 5.73 Å². The zero-order valence-corrected chi connectivity index (χ0v) is 11.0. The first-order valence-electron chi connectivity index (χ1n) is 5.63. The van der Waals surface area contributed by atoms with Crippen molar-refractivity contribution in [3.05, 3.63) is 51.4 Å². The van der Waals surface area contributed by atoms with Crippen LogP contribution in [0.25, 0.3) is 0 Å². The molecule has 0 saturated heterocycles. The van der Waals surface area contributed by atoms with Crippen molar-refractivity contribution in [2.24, 2.45) is 5.73 Å². The molecular formula is C13H15ClN2S. The number of aromatic nitrogens is 1. The van der Waals surface area contributed by atoms with Gasteiger partial charge in [0.05, 0.1) is 4.34 Å². The Morgan fingerprint density at radius 1 is 1.35 bits per heavy atom. The van der Waals surface area contributed by atoms with Crippen molar-refractivity contribution < 1.29 is 0 Å². The van der Waals surface area contributed by atoms with Gasteiger partial charge in [-0.1, -0.05) is 17.7 Å². The molecule has 0 aliphatic rings. The van der Waals surface area contributed by atoms with Crippen LogP contribution in [0, 0.1) is 0 Å². The fourth-order valence-electron chi connectivity index (χ4n) is 1.72. The first kappa shape index (κ1) is 12.6. The van der Waals surface area contributed by atoms with E-state index in [1.165, 1.54) is 10.4 Å². The maximum absolute atomic E-state index is 6.11. The van der Waals surface area contributed by atoms with E-state index >= 15 is 0 Å². The highest BCUT2D eigenvalue weighted by Gasteiger charge is 2.06. The van der Waals surface area contributed by atoms with Gasteiger partial charge in [-0.25, -0.2) is 0 Å². The van der Waals surface area contributed by atoms with E-state index in [4.69, 9.17) is 17.3 Å². The molecule has 17 heavy (non-hydrogen) atoms. The molecule has 2 N–H and O–H groups in total. The Bertz CT molecular complexity index is 455. The Hall–Kier alpha value is -0.900. The van der Waals surface area contributed by atoms with E-state index in [0.717, 1.165) is 23.6 Å². The molecule has 0 aliphatic carbocycles. The molecule has 90 valence electrons. The monoisotopic (exact) mass is 266 g/mol. The molecule has 0 saturated carbocycles. The normalized spacial score (nSPS) is 12.6. The zero-order chi connectivity index (χ0) is 12.1. The second kappa shape index (κ2) is 6.15. The van der Waals surface area contributed by atoms with Crippen LogP contribution in [0.3, 0.4) is 0 Å². The molecule has 0 spiro atoms. The summed E-state index contributed by atoms with van der Waals surface area (Å²) in [5.41, 5.74) is 7.35. The molecule has 2 aromatic heterocycles. The van der Waals surface area contributed by atoms with Gasteiger partial charge in [0.1, 0.15) is 0 Å². The van der Waals surface area contributed by atoms with Gasteiger partial charge in [0.15, 0.2) is 0 Å². The number of hydrogen-bond donors (Lipinski definition) is 1. The number of aryl methyl sites for hydroxylation is 1. The lowest BCUT2D eigenvalue weighted by Gasteiger charge is -2.09. The number of pyridine rings is 1. The topological polar surface area (TPSA) is 38.9 Å². The molecule has 0 aliphatic heterocycles. The molecule has 2 heterocycles. The van der Waals surface area contributed by atoms with Crippen LogP contribution in [0.4, 0.5) is 0 Å². The third-order valence-corrected chi connectivity index (χ3v) is 3.87. The largest absolute Gasteiger partial charge is 0.327 e. The predicted octanol–water partition coefficient (Wildman–Crippen LogP) is 3.30. The lowest BCUT2D eigenvalue weighted by atomic mass is 10.0. The number of nitrogens with zero attached hydrogens (tertiary/aromatic N) is 1. The minimum atomic E-state index is 0.185. The molecule has 0 amide bonds. The van der Waals surface area contributed by atoms with Crippen molar-refractivity contribution in [1.82, 2.24) is 4.98 Å². The van der Waals surface area contributed by atoms with E-state index < -0.39 is 0 Å². The van der Waals surface area contributed by atoms with Gasteiger partial charge in [-0.05, 0) is 43.0 Å². The summed E-state index contributed by atoms with van der Waals surface area (Å²) < 4.78 is 0.833. The van der Waals surface area contributed by atoms with E-state index in [1.54, 1.807) is 17.5 Å². The molecule has 2 rings (SSSR count). The highest BCUT2D eigenvalue weighted by atomic mass is 35.5. The summed E-state index contributed by atoms with van der Waals surface area (Å²) in [7, 11) is 0. The van der Waals surface area contributed by atoms with Crippen molar-refractivity contribution >= 4 is 22.9 Å². The summed E-state index contributed by atoms with van der Waals surface area (Å²) in [6.45, 7) is 0. The number of hydrogen-bond acceptors (Lipinski definition) is 3. The van der Waals surface area contributed by atoms with Crippen LogP contribution in [-0.4, -0.2) is 11.0 Å². The van der Waals surface area contributed by atoms with Crippen molar-refractivity contribution in [3.8, 4) is 0 Å². The predicted molar refractivity (Wildman–Crippen MR) is 73.6 cm³/mol. The van der Waals surface area contributed by atoms with Gasteiger partial charge < -0.3 is 5.73 Å². The summed E-state index contributed by atoms with van der Waals surface area (Å²) in [6.07, 6.45) is 6.54. The molecule has 2 aromatic rings. The SMILES string of the molecule is NC(CCc1cccnc1)Cc1ccc(Cl)s1. The summed E-state index contributed by atoms with van der Waals surface area (Å²) in [6, 6.07) is 8.21. The van der Waals surface area contributed by atoms with Gasteiger partial charge >= 0.3 is 0 Å². The van der Waals surface area contributed by atoms with Crippen LogP contribution >= 0.6 is 22.9 Å². The maximum atomic E-state index is 6.11. The Morgan fingerprint density at radius 2 is 2.24 bits per heavy atom. The maximum Gasteiger partial charge on any atom is 0.0931 e. The van der Waals surface area contributed by atoms with E-state index in [0.29, 0.717) is 0 Å². The van der Waals surface area contributed by atoms with Gasteiger partial charge in [-0.3, -0.25) is 4.98 Å². The lowest BCUT2D eigenvalue weighted by molar-refractivity contribution is 0.614. The van der Waals surface area contributed by atoms with E-state index in [2.05, 4.69) is 17.1 Å². The van der Waals surface area contributed by atoms with Crippen LogP contribution in [0.5, 0.6) is 0 Å². The first-order valence-corrected chi connectivity index (χ1v) is 6.82.